The largest absolute Gasteiger partial charge is 0.494 e. The second-order valence-electron chi connectivity index (χ2n) is 4.57. The van der Waals surface area contributed by atoms with Crippen molar-refractivity contribution in [2.45, 2.75) is 31.8 Å². The second kappa shape index (κ2) is 6.57. The average molecular weight is 246 g/mol. The topological polar surface area (TPSA) is 47.3 Å². The molecule has 3 heteroatoms. The lowest BCUT2D eigenvalue weighted by atomic mass is 10.0. The summed E-state index contributed by atoms with van der Waals surface area (Å²) in [7, 11) is 0. The zero-order valence-corrected chi connectivity index (χ0v) is 10.9. The van der Waals surface area contributed by atoms with Crippen molar-refractivity contribution in [1.29, 1.82) is 0 Å². The predicted molar refractivity (Wildman–Crippen MR) is 74.7 cm³/mol. The van der Waals surface area contributed by atoms with Crippen molar-refractivity contribution < 1.29 is 4.74 Å². The molecular weight excluding hydrogens is 224 g/mol. The Morgan fingerprint density at radius 3 is 2.72 bits per heavy atom. The molecule has 3 N–H and O–H groups in total. The highest BCUT2D eigenvalue weighted by Gasteiger charge is 2.19. The first-order valence-corrected chi connectivity index (χ1v) is 6.68. The maximum Gasteiger partial charge on any atom is 0.124 e. The second-order valence-corrected chi connectivity index (χ2v) is 4.57. The molecule has 3 nitrogen and oxygen atoms in total. The fourth-order valence-corrected chi connectivity index (χ4v) is 2.38. The minimum atomic E-state index is 0.164. The van der Waals surface area contributed by atoms with Crippen LogP contribution in [0.25, 0.3) is 0 Å². The van der Waals surface area contributed by atoms with Crippen molar-refractivity contribution in [2.75, 3.05) is 13.2 Å². The van der Waals surface area contributed by atoms with Crippen LogP contribution in [0.3, 0.4) is 0 Å². The van der Waals surface area contributed by atoms with E-state index in [-0.39, 0.29) is 6.04 Å². The molecule has 0 saturated carbocycles. The molecule has 0 aromatic heterocycles. The van der Waals surface area contributed by atoms with E-state index >= 15 is 0 Å². The van der Waals surface area contributed by atoms with Gasteiger partial charge >= 0.3 is 0 Å². The van der Waals surface area contributed by atoms with E-state index in [4.69, 9.17) is 10.5 Å². The maximum atomic E-state index is 5.91. The highest BCUT2D eigenvalue weighted by Crippen LogP contribution is 2.26. The summed E-state index contributed by atoms with van der Waals surface area (Å²) in [5.74, 6) is 0.939. The fourth-order valence-electron chi connectivity index (χ4n) is 2.38. The van der Waals surface area contributed by atoms with Gasteiger partial charge in [-0.05, 0) is 25.8 Å². The van der Waals surface area contributed by atoms with Crippen LogP contribution in [0.2, 0.25) is 0 Å². The number of hydrogen-bond acceptors (Lipinski definition) is 3. The van der Waals surface area contributed by atoms with Crippen LogP contribution in [0.1, 0.15) is 31.4 Å². The standard InChI is InChI=1S/C15H22N2O/c1-2-18-15-10-6-5-9-13(15)14(11-16)17-12-7-3-4-8-12/h3-6,9-10,12,14,17H,2,7-8,11,16H2,1H3. The van der Waals surface area contributed by atoms with E-state index in [9.17, 15) is 0 Å². The van der Waals surface area contributed by atoms with Crippen molar-refractivity contribution >= 4 is 0 Å². The van der Waals surface area contributed by atoms with E-state index in [2.05, 4.69) is 23.5 Å². The maximum absolute atomic E-state index is 5.91. The van der Waals surface area contributed by atoms with Gasteiger partial charge in [0.1, 0.15) is 5.75 Å². The van der Waals surface area contributed by atoms with Crippen LogP contribution in [0.4, 0.5) is 0 Å². The van der Waals surface area contributed by atoms with Crippen molar-refractivity contribution in [3.63, 3.8) is 0 Å². The molecule has 0 saturated heterocycles. The number of ether oxygens (including phenoxy) is 1. The van der Waals surface area contributed by atoms with Gasteiger partial charge in [0.25, 0.3) is 0 Å². The summed E-state index contributed by atoms with van der Waals surface area (Å²) in [6, 6.07) is 8.81. The molecule has 1 aromatic rings. The van der Waals surface area contributed by atoms with Crippen LogP contribution in [0.5, 0.6) is 5.75 Å². The SMILES string of the molecule is CCOc1ccccc1C(CN)NC1CC=CC1. The first-order chi connectivity index (χ1) is 8.85. The molecule has 0 spiro atoms. The molecule has 0 heterocycles. The molecule has 0 aliphatic heterocycles. The first kappa shape index (κ1) is 13.1. The third-order valence-corrected chi connectivity index (χ3v) is 3.27. The number of rotatable bonds is 6. The molecule has 98 valence electrons. The van der Waals surface area contributed by atoms with Gasteiger partial charge in [-0.25, -0.2) is 0 Å². The van der Waals surface area contributed by atoms with Gasteiger partial charge in [0, 0.05) is 24.2 Å². The smallest absolute Gasteiger partial charge is 0.124 e. The lowest BCUT2D eigenvalue weighted by Gasteiger charge is -2.24. The first-order valence-electron chi connectivity index (χ1n) is 6.68. The molecule has 1 atom stereocenters. The number of benzene rings is 1. The van der Waals surface area contributed by atoms with Gasteiger partial charge in [-0.1, -0.05) is 30.4 Å². The summed E-state index contributed by atoms with van der Waals surface area (Å²) < 4.78 is 5.67. The molecule has 1 aliphatic carbocycles. The zero-order valence-electron chi connectivity index (χ0n) is 10.9. The molecule has 0 radical (unpaired) electrons. The van der Waals surface area contributed by atoms with Crippen LogP contribution in [0, 0.1) is 0 Å². The molecule has 1 aromatic carbocycles. The molecular formula is C15H22N2O. The molecule has 0 fully saturated rings. The fraction of sp³-hybridized carbons (Fsp3) is 0.467. The Morgan fingerprint density at radius 2 is 2.06 bits per heavy atom. The summed E-state index contributed by atoms with van der Waals surface area (Å²) in [6.45, 7) is 3.27. The van der Waals surface area contributed by atoms with E-state index in [1.54, 1.807) is 0 Å². The Morgan fingerprint density at radius 1 is 1.33 bits per heavy atom. The van der Waals surface area contributed by atoms with Gasteiger partial charge in [-0.2, -0.15) is 0 Å². The number of hydrogen-bond donors (Lipinski definition) is 2. The number of nitrogens with two attached hydrogens (primary N) is 1. The Balaban J connectivity index is 2.10. The van der Waals surface area contributed by atoms with Crippen molar-refractivity contribution in [3.8, 4) is 5.75 Å². The Kier molecular flexibility index (Phi) is 4.79. The van der Waals surface area contributed by atoms with Crippen LogP contribution >= 0.6 is 0 Å². The summed E-state index contributed by atoms with van der Waals surface area (Å²) >= 11 is 0. The predicted octanol–water partition coefficient (Wildman–Crippen LogP) is 2.39. The van der Waals surface area contributed by atoms with E-state index in [0.29, 0.717) is 19.2 Å². The number of para-hydroxylation sites is 1. The van der Waals surface area contributed by atoms with E-state index in [1.165, 1.54) is 0 Å². The van der Waals surface area contributed by atoms with Gasteiger partial charge in [0.15, 0.2) is 0 Å². The molecule has 1 unspecified atom stereocenters. The molecule has 2 rings (SSSR count). The number of nitrogens with one attached hydrogen (secondary N) is 1. The average Bonchev–Trinajstić information content (AvgIpc) is 2.90. The van der Waals surface area contributed by atoms with Crippen LogP contribution in [-0.4, -0.2) is 19.2 Å². The quantitative estimate of drug-likeness (QED) is 0.758. The normalized spacial score (nSPS) is 17.0. The third kappa shape index (κ3) is 3.12. The van der Waals surface area contributed by atoms with Crippen molar-refractivity contribution in [2.24, 2.45) is 5.73 Å². The highest BCUT2D eigenvalue weighted by molar-refractivity contribution is 5.36. The van der Waals surface area contributed by atoms with Crippen LogP contribution in [-0.2, 0) is 0 Å². The van der Waals surface area contributed by atoms with E-state index in [0.717, 1.165) is 24.2 Å². The molecule has 1 aliphatic rings. The van der Waals surface area contributed by atoms with Crippen molar-refractivity contribution in [1.82, 2.24) is 5.32 Å². The Hall–Kier alpha value is -1.32. The molecule has 0 amide bonds. The van der Waals surface area contributed by atoms with Gasteiger partial charge in [0.2, 0.25) is 0 Å². The Labute approximate surface area is 109 Å². The lowest BCUT2D eigenvalue weighted by molar-refractivity contribution is 0.329. The molecule has 0 bridgehead atoms. The third-order valence-electron chi connectivity index (χ3n) is 3.27. The van der Waals surface area contributed by atoms with Crippen LogP contribution in [0.15, 0.2) is 36.4 Å². The summed E-state index contributed by atoms with van der Waals surface area (Å²) in [5, 5.41) is 3.61. The van der Waals surface area contributed by atoms with E-state index in [1.807, 2.05) is 25.1 Å². The van der Waals surface area contributed by atoms with E-state index < -0.39 is 0 Å². The Bertz CT molecular complexity index is 395. The molecule has 18 heavy (non-hydrogen) atoms. The lowest BCUT2D eigenvalue weighted by Crippen LogP contribution is -2.35. The minimum Gasteiger partial charge on any atom is -0.494 e. The summed E-state index contributed by atoms with van der Waals surface area (Å²) in [4.78, 5) is 0. The minimum absolute atomic E-state index is 0.164. The highest BCUT2D eigenvalue weighted by atomic mass is 16.5. The van der Waals surface area contributed by atoms with Crippen LogP contribution < -0.4 is 15.8 Å². The summed E-state index contributed by atoms with van der Waals surface area (Å²) in [6.07, 6.45) is 6.62. The summed E-state index contributed by atoms with van der Waals surface area (Å²) in [5.41, 5.74) is 7.07. The van der Waals surface area contributed by atoms with Gasteiger partial charge in [-0.15, -0.1) is 0 Å². The van der Waals surface area contributed by atoms with Gasteiger partial charge in [-0.3, -0.25) is 0 Å². The van der Waals surface area contributed by atoms with Gasteiger partial charge < -0.3 is 15.8 Å². The van der Waals surface area contributed by atoms with Crippen molar-refractivity contribution in [3.05, 3.63) is 42.0 Å². The monoisotopic (exact) mass is 246 g/mol. The zero-order chi connectivity index (χ0) is 12.8. The van der Waals surface area contributed by atoms with Gasteiger partial charge in [0.05, 0.1) is 6.61 Å².